The van der Waals surface area contributed by atoms with Crippen molar-refractivity contribution in [2.24, 2.45) is 5.92 Å². The predicted molar refractivity (Wildman–Crippen MR) is 93.5 cm³/mol. The minimum atomic E-state index is 0.479. The van der Waals surface area contributed by atoms with E-state index in [1.54, 1.807) is 0 Å². The molecular formula is C18H26N2S. The lowest BCUT2D eigenvalue weighted by Crippen LogP contribution is -2.54. The number of terminal acetylenes is 1. The third kappa shape index (κ3) is 4.78. The molecule has 2 unspecified atom stereocenters. The van der Waals surface area contributed by atoms with Crippen molar-refractivity contribution in [3.05, 3.63) is 35.9 Å². The van der Waals surface area contributed by atoms with Crippen LogP contribution in [0.5, 0.6) is 0 Å². The first kappa shape index (κ1) is 16.4. The molecule has 0 aliphatic carbocycles. The van der Waals surface area contributed by atoms with E-state index in [9.17, 15) is 0 Å². The number of hydrogen-bond acceptors (Lipinski definition) is 3. The van der Waals surface area contributed by atoms with Crippen LogP contribution in [-0.4, -0.2) is 42.1 Å². The zero-order valence-electron chi connectivity index (χ0n) is 13.1. The fourth-order valence-corrected chi connectivity index (χ4v) is 3.47. The van der Waals surface area contributed by atoms with Crippen LogP contribution >= 0.6 is 11.8 Å². The molecule has 1 saturated heterocycles. The number of piperazine rings is 1. The second kappa shape index (κ2) is 8.48. The lowest BCUT2D eigenvalue weighted by molar-refractivity contribution is 0.121. The maximum absolute atomic E-state index is 5.33. The first-order valence-electron chi connectivity index (χ1n) is 7.76. The van der Waals surface area contributed by atoms with Crippen molar-refractivity contribution in [2.45, 2.75) is 25.9 Å². The SMILES string of the molecule is C#CCSCCN1CC(C(C)C)NCC1c1ccccc1. The first-order valence-corrected chi connectivity index (χ1v) is 8.91. The van der Waals surface area contributed by atoms with Gasteiger partial charge in [-0.2, -0.15) is 0 Å². The molecule has 1 aliphatic rings. The van der Waals surface area contributed by atoms with Crippen LogP contribution in [-0.2, 0) is 0 Å². The zero-order chi connectivity index (χ0) is 15.1. The molecule has 1 fully saturated rings. The van der Waals surface area contributed by atoms with E-state index in [-0.39, 0.29) is 0 Å². The highest BCUT2D eigenvalue weighted by Gasteiger charge is 2.29. The van der Waals surface area contributed by atoms with Gasteiger partial charge in [0.25, 0.3) is 0 Å². The van der Waals surface area contributed by atoms with Gasteiger partial charge in [-0.3, -0.25) is 4.90 Å². The van der Waals surface area contributed by atoms with Gasteiger partial charge >= 0.3 is 0 Å². The zero-order valence-corrected chi connectivity index (χ0v) is 13.9. The largest absolute Gasteiger partial charge is 0.311 e. The fourth-order valence-electron chi connectivity index (χ4n) is 2.85. The van der Waals surface area contributed by atoms with E-state index < -0.39 is 0 Å². The van der Waals surface area contributed by atoms with Gasteiger partial charge in [0, 0.05) is 37.5 Å². The van der Waals surface area contributed by atoms with Gasteiger partial charge in [0.1, 0.15) is 0 Å². The molecule has 1 aromatic carbocycles. The van der Waals surface area contributed by atoms with E-state index in [1.165, 1.54) is 5.56 Å². The number of benzene rings is 1. The summed E-state index contributed by atoms with van der Waals surface area (Å²) in [6.07, 6.45) is 5.33. The Morgan fingerprint density at radius 1 is 1.38 bits per heavy atom. The second-order valence-corrected chi connectivity index (χ2v) is 7.04. The Bertz CT molecular complexity index is 452. The molecule has 1 N–H and O–H groups in total. The van der Waals surface area contributed by atoms with Crippen LogP contribution in [0.2, 0.25) is 0 Å². The Labute approximate surface area is 133 Å². The summed E-state index contributed by atoms with van der Waals surface area (Å²) in [7, 11) is 0. The molecule has 3 heteroatoms. The summed E-state index contributed by atoms with van der Waals surface area (Å²) in [5.41, 5.74) is 1.41. The van der Waals surface area contributed by atoms with Crippen molar-refractivity contribution in [2.75, 3.05) is 31.1 Å². The Morgan fingerprint density at radius 2 is 2.14 bits per heavy atom. The summed E-state index contributed by atoms with van der Waals surface area (Å²) in [5.74, 6) is 5.30. The van der Waals surface area contributed by atoms with Gasteiger partial charge in [0.2, 0.25) is 0 Å². The van der Waals surface area contributed by atoms with Crippen LogP contribution < -0.4 is 5.32 Å². The number of nitrogens with one attached hydrogen (secondary N) is 1. The van der Waals surface area contributed by atoms with Crippen LogP contribution in [0.15, 0.2) is 30.3 Å². The molecule has 2 atom stereocenters. The van der Waals surface area contributed by atoms with Gasteiger partial charge < -0.3 is 5.32 Å². The van der Waals surface area contributed by atoms with Crippen molar-refractivity contribution in [1.29, 1.82) is 0 Å². The molecule has 0 saturated carbocycles. The van der Waals surface area contributed by atoms with Crippen LogP contribution in [0.25, 0.3) is 0 Å². The number of hydrogen-bond donors (Lipinski definition) is 1. The lowest BCUT2D eigenvalue weighted by atomic mass is 9.96. The molecule has 1 aliphatic heterocycles. The highest BCUT2D eigenvalue weighted by atomic mass is 32.2. The van der Waals surface area contributed by atoms with Crippen molar-refractivity contribution in [1.82, 2.24) is 10.2 Å². The molecule has 0 aromatic heterocycles. The highest BCUT2D eigenvalue weighted by Crippen LogP contribution is 2.25. The summed E-state index contributed by atoms with van der Waals surface area (Å²) in [4.78, 5) is 2.63. The quantitative estimate of drug-likeness (QED) is 0.642. The predicted octanol–water partition coefficient (Wildman–Crippen LogP) is 3.02. The first-order chi connectivity index (χ1) is 10.2. The molecule has 2 nitrogen and oxygen atoms in total. The fraction of sp³-hybridized carbons (Fsp3) is 0.556. The highest BCUT2D eigenvalue weighted by molar-refractivity contribution is 7.99. The molecule has 1 heterocycles. The van der Waals surface area contributed by atoms with Gasteiger partial charge in [0.05, 0.1) is 5.75 Å². The standard InChI is InChI=1S/C18H26N2S/c1-4-11-21-12-10-20-14-17(15(2)3)19-13-18(20)16-8-6-5-7-9-16/h1,5-9,15,17-19H,10-14H2,2-3H3. The van der Waals surface area contributed by atoms with Gasteiger partial charge in [-0.15, -0.1) is 18.2 Å². The molecule has 0 radical (unpaired) electrons. The Kier molecular flexibility index (Phi) is 6.63. The van der Waals surface area contributed by atoms with Crippen LogP contribution in [0.3, 0.4) is 0 Å². The maximum atomic E-state index is 5.33. The molecule has 0 spiro atoms. The Morgan fingerprint density at radius 3 is 2.81 bits per heavy atom. The van der Waals surface area contributed by atoms with Crippen LogP contribution in [0.1, 0.15) is 25.5 Å². The third-order valence-electron chi connectivity index (χ3n) is 4.14. The van der Waals surface area contributed by atoms with Gasteiger partial charge in [0.15, 0.2) is 0 Å². The topological polar surface area (TPSA) is 15.3 Å². The average Bonchev–Trinajstić information content (AvgIpc) is 2.52. The van der Waals surface area contributed by atoms with E-state index in [0.717, 1.165) is 31.1 Å². The Hall–Kier alpha value is -0.950. The van der Waals surface area contributed by atoms with Gasteiger partial charge in [-0.05, 0) is 11.5 Å². The number of thioether (sulfide) groups is 1. The maximum Gasteiger partial charge on any atom is 0.0545 e. The second-order valence-electron chi connectivity index (χ2n) is 5.94. The molecule has 114 valence electrons. The van der Waals surface area contributed by atoms with Crippen molar-refractivity contribution in [3.63, 3.8) is 0 Å². The Balaban J connectivity index is 2.01. The normalized spacial score (nSPS) is 23.1. The smallest absolute Gasteiger partial charge is 0.0545 e. The minimum absolute atomic E-state index is 0.479. The molecule has 2 rings (SSSR count). The molecule has 1 aromatic rings. The molecule has 0 bridgehead atoms. The van der Waals surface area contributed by atoms with Crippen molar-refractivity contribution in [3.8, 4) is 12.3 Å². The number of rotatable bonds is 6. The van der Waals surface area contributed by atoms with E-state index in [2.05, 4.69) is 60.3 Å². The van der Waals surface area contributed by atoms with E-state index >= 15 is 0 Å². The van der Waals surface area contributed by atoms with Gasteiger partial charge in [-0.1, -0.05) is 50.1 Å². The third-order valence-corrected chi connectivity index (χ3v) is 4.98. The minimum Gasteiger partial charge on any atom is -0.311 e. The van der Waals surface area contributed by atoms with E-state index in [4.69, 9.17) is 6.42 Å². The lowest BCUT2D eigenvalue weighted by Gasteiger charge is -2.42. The van der Waals surface area contributed by atoms with Gasteiger partial charge in [-0.25, -0.2) is 0 Å². The summed E-state index contributed by atoms with van der Waals surface area (Å²) in [6, 6.07) is 11.9. The van der Waals surface area contributed by atoms with Crippen molar-refractivity contribution < 1.29 is 0 Å². The summed E-state index contributed by atoms with van der Waals surface area (Å²) in [5, 5.41) is 3.72. The summed E-state index contributed by atoms with van der Waals surface area (Å²) in [6.45, 7) is 7.86. The number of nitrogens with zero attached hydrogens (tertiary/aromatic N) is 1. The van der Waals surface area contributed by atoms with Crippen molar-refractivity contribution >= 4 is 11.8 Å². The molecule has 0 amide bonds. The monoisotopic (exact) mass is 302 g/mol. The van der Waals surface area contributed by atoms with Crippen LogP contribution in [0, 0.1) is 18.3 Å². The average molecular weight is 302 g/mol. The van der Waals surface area contributed by atoms with E-state index in [0.29, 0.717) is 18.0 Å². The summed E-state index contributed by atoms with van der Waals surface area (Å²) < 4.78 is 0. The summed E-state index contributed by atoms with van der Waals surface area (Å²) >= 11 is 1.86. The van der Waals surface area contributed by atoms with Crippen LogP contribution in [0.4, 0.5) is 0 Å². The van der Waals surface area contributed by atoms with E-state index in [1.807, 2.05) is 11.8 Å². The molecule has 21 heavy (non-hydrogen) atoms. The molecular weight excluding hydrogens is 276 g/mol.